The molecular weight excluding hydrogens is 392 g/mol. The summed E-state index contributed by atoms with van der Waals surface area (Å²) < 4.78 is 5.37. The molecule has 0 fully saturated rings. The zero-order valence-electron chi connectivity index (χ0n) is 21.4. The van der Waals surface area contributed by atoms with Crippen LogP contribution in [0, 0.1) is 0 Å². The maximum Gasteiger partial charge on any atom is 0.305 e. The lowest BCUT2D eigenvalue weighted by Gasteiger charge is -2.05. The van der Waals surface area contributed by atoms with Crippen LogP contribution in [-0.2, 0) is 9.53 Å². The maximum atomic E-state index is 11.8. The highest BCUT2D eigenvalue weighted by Gasteiger charge is 2.02. The van der Waals surface area contributed by atoms with E-state index in [1.165, 1.54) is 83.5 Å². The molecule has 0 heterocycles. The lowest BCUT2D eigenvalue weighted by atomic mass is 10.1. The lowest BCUT2D eigenvalue weighted by molar-refractivity contribution is -0.143. The van der Waals surface area contributed by atoms with Gasteiger partial charge in [-0.2, -0.15) is 0 Å². The Morgan fingerprint density at radius 1 is 0.531 bits per heavy atom. The van der Waals surface area contributed by atoms with Gasteiger partial charge in [0.15, 0.2) is 0 Å². The standard InChI is InChI=1S/C30H52O2/c1-3-5-7-9-11-13-15-17-18-20-22-24-26-28-30(31)32-29-27-25-23-21-19-16-14-12-10-8-6-4-2/h7-14H,3-6,15-29H2,1-2H3/b9-7+,10-8+,13-11+,14-12+. The summed E-state index contributed by atoms with van der Waals surface area (Å²) in [6.45, 7) is 5.00. The molecule has 0 aromatic carbocycles. The molecule has 0 spiro atoms. The molecule has 0 aliphatic heterocycles. The smallest absolute Gasteiger partial charge is 0.305 e. The molecule has 0 saturated heterocycles. The van der Waals surface area contributed by atoms with E-state index in [1.807, 2.05) is 0 Å². The van der Waals surface area contributed by atoms with Gasteiger partial charge in [-0.25, -0.2) is 0 Å². The van der Waals surface area contributed by atoms with Gasteiger partial charge < -0.3 is 4.74 Å². The van der Waals surface area contributed by atoms with Crippen LogP contribution in [0.15, 0.2) is 48.6 Å². The van der Waals surface area contributed by atoms with Gasteiger partial charge in [-0.3, -0.25) is 4.79 Å². The van der Waals surface area contributed by atoms with Crippen molar-refractivity contribution in [1.82, 2.24) is 0 Å². The van der Waals surface area contributed by atoms with Gasteiger partial charge in [0.2, 0.25) is 0 Å². The van der Waals surface area contributed by atoms with E-state index in [0.29, 0.717) is 13.0 Å². The highest BCUT2D eigenvalue weighted by molar-refractivity contribution is 5.69. The van der Waals surface area contributed by atoms with E-state index >= 15 is 0 Å². The Kier molecular flexibility index (Phi) is 26.1. The number of hydrogen-bond acceptors (Lipinski definition) is 2. The van der Waals surface area contributed by atoms with Gasteiger partial charge in [-0.15, -0.1) is 0 Å². The molecule has 0 rings (SSSR count). The van der Waals surface area contributed by atoms with Gasteiger partial charge in [0.1, 0.15) is 0 Å². The molecule has 2 nitrogen and oxygen atoms in total. The van der Waals surface area contributed by atoms with Crippen LogP contribution in [0.2, 0.25) is 0 Å². The normalized spacial score (nSPS) is 12.2. The fraction of sp³-hybridized carbons (Fsp3) is 0.700. The Morgan fingerprint density at radius 2 is 0.938 bits per heavy atom. The second-order valence-electron chi connectivity index (χ2n) is 8.73. The molecule has 2 heteroatoms. The molecule has 0 aromatic rings. The fourth-order valence-corrected chi connectivity index (χ4v) is 3.42. The van der Waals surface area contributed by atoms with Gasteiger partial charge in [0, 0.05) is 6.42 Å². The van der Waals surface area contributed by atoms with Crippen LogP contribution in [0.1, 0.15) is 129 Å². The van der Waals surface area contributed by atoms with Crippen LogP contribution in [0.3, 0.4) is 0 Å². The van der Waals surface area contributed by atoms with E-state index in [-0.39, 0.29) is 5.97 Å². The second kappa shape index (κ2) is 27.5. The number of unbranched alkanes of at least 4 members (excludes halogenated alkanes) is 13. The zero-order valence-corrected chi connectivity index (χ0v) is 21.4. The van der Waals surface area contributed by atoms with E-state index < -0.39 is 0 Å². The molecule has 0 aliphatic carbocycles. The number of allylic oxidation sites excluding steroid dienone is 8. The molecule has 0 saturated carbocycles. The first-order chi connectivity index (χ1) is 15.8. The largest absolute Gasteiger partial charge is 0.466 e. The predicted molar refractivity (Wildman–Crippen MR) is 142 cm³/mol. The number of hydrogen-bond donors (Lipinski definition) is 0. The summed E-state index contributed by atoms with van der Waals surface area (Å²) in [5.74, 6) is -0.00692. The summed E-state index contributed by atoms with van der Waals surface area (Å²) >= 11 is 0. The van der Waals surface area contributed by atoms with Crippen molar-refractivity contribution in [2.75, 3.05) is 6.61 Å². The van der Waals surface area contributed by atoms with Crippen LogP contribution in [-0.4, -0.2) is 12.6 Å². The molecule has 0 aliphatic rings. The van der Waals surface area contributed by atoms with Crippen LogP contribution in [0.25, 0.3) is 0 Å². The van der Waals surface area contributed by atoms with E-state index in [1.54, 1.807) is 0 Å². The van der Waals surface area contributed by atoms with Crippen LogP contribution in [0.5, 0.6) is 0 Å². The summed E-state index contributed by atoms with van der Waals surface area (Å²) in [6, 6.07) is 0. The summed E-state index contributed by atoms with van der Waals surface area (Å²) in [5, 5.41) is 0. The molecule has 0 amide bonds. The number of carbonyl (C=O) groups excluding carboxylic acids is 1. The molecule has 0 unspecified atom stereocenters. The minimum absolute atomic E-state index is 0.00692. The van der Waals surface area contributed by atoms with E-state index in [2.05, 4.69) is 62.5 Å². The summed E-state index contributed by atoms with van der Waals surface area (Å²) in [4.78, 5) is 11.8. The van der Waals surface area contributed by atoms with Gasteiger partial charge in [-0.05, 0) is 51.4 Å². The van der Waals surface area contributed by atoms with E-state index in [9.17, 15) is 4.79 Å². The third-order valence-corrected chi connectivity index (χ3v) is 5.46. The predicted octanol–water partition coefficient (Wildman–Crippen LogP) is 9.82. The van der Waals surface area contributed by atoms with Crippen molar-refractivity contribution in [3.05, 3.63) is 48.6 Å². The zero-order chi connectivity index (χ0) is 23.4. The molecule has 0 radical (unpaired) electrons. The topological polar surface area (TPSA) is 26.3 Å². The Labute approximate surface area is 200 Å². The average Bonchev–Trinajstić information content (AvgIpc) is 2.80. The van der Waals surface area contributed by atoms with Crippen molar-refractivity contribution in [2.24, 2.45) is 0 Å². The Bertz CT molecular complexity index is 455. The maximum absolute atomic E-state index is 11.8. The highest BCUT2D eigenvalue weighted by Crippen LogP contribution is 2.10. The number of rotatable bonds is 23. The molecule has 0 N–H and O–H groups in total. The van der Waals surface area contributed by atoms with Crippen molar-refractivity contribution in [1.29, 1.82) is 0 Å². The number of ether oxygens (including phenoxy) is 1. The SMILES string of the molecule is CCC/C=C/C=C/CCCCCCCCC(=O)OCCCCCCC/C=C/C=C/CCC. The molecule has 0 bridgehead atoms. The molecule has 32 heavy (non-hydrogen) atoms. The van der Waals surface area contributed by atoms with Crippen LogP contribution < -0.4 is 0 Å². The van der Waals surface area contributed by atoms with E-state index in [0.717, 1.165) is 25.7 Å². The van der Waals surface area contributed by atoms with Gasteiger partial charge in [0.25, 0.3) is 0 Å². The van der Waals surface area contributed by atoms with Crippen LogP contribution in [0.4, 0.5) is 0 Å². The summed E-state index contributed by atoms with van der Waals surface area (Å²) in [5.41, 5.74) is 0. The van der Waals surface area contributed by atoms with Crippen molar-refractivity contribution in [3.8, 4) is 0 Å². The van der Waals surface area contributed by atoms with Crippen LogP contribution >= 0.6 is 0 Å². The average molecular weight is 445 g/mol. The third kappa shape index (κ3) is 26.5. The second-order valence-corrected chi connectivity index (χ2v) is 8.73. The molecule has 0 aromatic heterocycles. The summed E-state index contributed by atoms with van der Waals surface area (Å²) in [6.07, 6.45) is 38.5. The van der Waals surface area contributed by atoms with Gasteiger partial charge in [-0.1, -0.05) is 120 Å². The van der Waals surface area contributed by atoms with Crippen molar-refractivity contribution in [2.45, 2.75) is 129 Å². The van der Waals surface area contributed by atoms with Gasteiger partial charge in [0.05, 0.1) is 6.61 Å². The lowest BCUT2D eigenvalue weighted by Crippen LogP contribution is -2.05. The summed E-state index contributed by atoms with van der Waals surface area (Å²) in [7, 11) is 0. The molecule has 184 valence electrons. The third-order valence-electron chi connectivity index (χ3n) is 5.46. The first-order valence-electron chi connectivity index (χ1n) is 13.6. The highest BCUT2D eigenvalue weighted by atomic mass is 16.5. The molecule has 0 atom stereocenters. The van der Waals surface area contributed by atoms with Crippen molar-refractivity contribution >= 4 is 5.97 Å². The number of carbonyl (C=O) groups is 1. The van der Waals surface area contributed by atoms with Gasteiger partial charge >= 0.3 is 5.97 Å². The Hall–Kier alpha value is -1.57. The molecular formula is C30H52O2. The van der Waals surface area contributed by atoms with E-state index in [4.69, 9.17) is 4.74 Å². The fourth-order valence-electron chi connectivity index (χ4n) is 3.42. The first-order valence-corrected chi connectivity index (χ1v) is 13.6. The van der Waals surface area contributed by atoms with Crippen molar-refractivity contribution in [3.63, 3.8) is 0 Å². The minimum Gasteiger partial charge on any atom is -0.466 e. The Morgan fingerprint density at radius 3 is 1.44 bits per heavy atom. The number of esters is 1. The quantitative estimate of drug-likeness (QED) is 0.0890. The monoisotopic (exact) mass is 444 g/mol. The Balaban J connectivity index is 3.29. The van der Waals surface area contributed by atoms with Crippen molar-refractivity contribution < 1.29 is 9.53 Å². The first kappa shape index (κ1) is 30.4. The minimum atomic E-state index is -0.00692.